The molecule has 0 aliphatic heterocycles. The summed E-state index contributed by atoms with van der Waals surface area (Å²) in [5, 5.41) is 0. The average Bonchev–Trinajstić information content (AvgIpc) is 2.16. The van der Waals surface area contributed by atoms with Crippen LogP contribution in [-0.2, 0) is 14.8 Å². The van der Waals surface area contributed by atoms with E-state index in [4.69, 9.17) is 16.3 Å². The van der Waals surface area contributed by atoms with Crippen molar-refractivity contribution in [2.45, 2.75) is 13.3 Å². The van der Waals surface area contributed by atoms with Gasteiger partial charge in [-0.1, -0.05) is 6.92 Å². The molecule has 0 atom stereocenters. The van der Waals surface area contributed by atoms with E-state index in [1.807, 2.05) is 6.92 Å². The van der Waals surface area contributed by atoms with Crippen LogP contribution in [0.1, 0.15) is 13.3 Å². The number of nitrogens with zero attached hydrogens (tertiary/aromatic N) is 1. The second kappa shape index (κ2) is 7.45. The predicted molar refractivity (Wildman–Crippen MR) is 58.2 cm³/mol. The summed E-state index contributed by atoms with van der Waals surface area (Å²) in [5.41, 5.74) is 0. The Hall–Kier alpha value is 0.160. The highest BCUT2D eigenvalue weighted by Gasteiger charge is 2.18. The zero-order valence-electron chi connectivity index (χ0n) is 8.70. The molecule has 6 heteroatoms. The number of sulfonamides is 1. The predicted octanol–water partition coefficient (Wildman–Crippen LogP) is 0.913. The molecule has 0 heterocycles. The van der Waals surface area contributed by atoms with Gasteiger partial charge in [-0.05, 0) is 6.42 Å². The third kappa shape index (κ3) is 5.14. The largest absolute Gasteiger partial charge is 0.383 e. The number of alkyl halides is 1. The number of ether oxygens (including phenoxy) is 1. The first kappa shape index (κ1) is 14.2. The van der Waals surface area contributed by atoms with Gasteiger partial charge in [0.2, 0.25) is 10.0 Å². The molecule has 0 N–H and O–H groups in total. The van der Waals surface area contributed by atoms with Crippen molar-refractivity contribution in [1.29, 1.82) is 0 Å². The van der Waals surface area contributed by atoms with Crippen LogP contribution in [0.15, 0.2) is 0 Å². The number of hydrogen-bond acceptors (Lipinski definition) is 3. The summed E-state index contributed by atoms with van der Waals surface area (Å²) in [6.45, 7) is 3.13. The maximum Gasteiger partial charge on any atom is 0.214 e. The summed E-state index contributed by atoms with van der Waals surface area (Å²) < 4.78 is 29.5. The van der Waals surface area contributed by atoms with Crippen LogP contribution in [-0.4, -0.2) is 51.2 Å². The first-order chi connectivity index (χ1) is 6.58. The molecule has 0 unspecified atom stereocenters. The van der Waals surface area contributed by atoms with Crippen molar-refractivity contribution >= 4 is 21.6 Å². The van der Waals surface area contributed by atoms with Crippen molar-refractivity contribution in [2.24, 2.45) is 0 Å². The van der Waals surface area contributed by atoms with E-state index in [-0.39, 0.29) is 5.75 Å². The molecule has 0 spiro atoms. The van der Waals surface area contributed by atoms with E-state index in [0.29, 0.717) is 32.0 Å². The molecule has 4 nitrogen and oxygen atoms in total. The van der Waals surface area contributed by atoms with Crippen LogP contribution < -0.4 is 0 Å². The highest BCUT2D eigenvalue weighted by molar-refractivity contribution is 7.89. The van der Waals surface area contributed by atoms with Gasteiger partial charge in [-0.2, -0.15) is 4.31 Å². The Balaban J connectivity index is 4.19. The highest BCUT2D eigenvalue weighted by Crippen LogP contribution is 2.03. The summed E-state index contributed by atoms with van der Waals surface area (Å²) in [7, 11) is -1.58. The molecule has 0 bridgehead atoms. The number of halogens is 1. The topological polar surface area (TPSA) is 46.6 Å². The molecule has 0 aromatic rings. The zero-order valence-corrected chi connectivity index (χ0v) is 10.3. The second-order valence-electron chi connectivity index (χ2n) is 2.84. The van der Waals surface area contributed by atoms with Gasteiger partial charge in [0, 0.05) is 26.1 Å². The van der Waals surface area contributed by atoms with E-state index in [9.17, 15) is 8.42 Å². The van der Waals surface area contributed by atoms with Gasteiger partial charge in [0.05, 0.1) is 12.4 Å². The van der Waals surface area contributed by atoms with Gasteiger partial charge in [-0.15, -0.1) is 11.6 Å². The lowest BCUT2D eigenvalue weighted by molar-refractivity contribution is 0.180. The van der Waals surface area contributed by atoms with Gasteiger partial charge in [0.15, 0.2) is 0 Å². The van der Waals surface area contributed by atoms with Gasteiger partial charge in [0.1, 0.15) is 0 Å². The maximum absolute atomic E-state index is 11.6. The van der Waals surface area contributed by atoms with Gasteiger partial charge < -0.3 is 4.74 Å². The molecule has 0 saturated heterocycles. The van der Waals surface area contributed by atoms with Crippen LogP contribution in [0.3, 0.4) is 0 Å². The van der Waals surface area contributed by atoms with Gasteiger partial charge in [-0.25, -0.2) is 8.42 Å². The molecular weight excluding hydrogens is 226 g/mol. The fourth-order valence-corrected chi connectivity index (χ4v) is 2.86. The highest BCUT2D eigenvalue weighted by atomic mass is 35.5. The lowest BCUT2D eigenvalue weighted by atomic mass is 10.6. The zero-order chi connectivity index (χ0) is 11.0. The summed E-state index contributed by atoms with van der Waals surface area (Å²) >= 11 is 5.45. The normalized spacial score (nSPS) is 12.3. The molecule has 0 rings (SSSR count). The Bertz CT molecular complexity index is 231. The van der Waals surface area contributed by atoms with Crippen molar-refractivity contribution in [3.05, 3.63) is 0 Å². The lowest BCUT2D eigenvalue weighted by Gasteiger charge is -2.19. The molecule has 0 aromatic heterocycles. The molecule has 0 fully saturated rings. The molecule has 0 amide bonds. The summed E-state index contributed by atoms with van der Waals surface area (Å²) in [4.78, 5) is 0. The number of hydrogen-bond donors (Lipinski definition) is 0. The van der Waals surface area contributed by atoms with Crippen LogP contribution in [0.5, 0.6) is 0 Å². The van der Waals surface area contributed by atoms with Crippen LogP contribution in [0.25, 0.3) is 0 Å². The van der Waals surface area contributed by atoms with Crippen LogP contribution >= 0.6 is 11.6 Å². The minimum absolute atomic E-state index is 0.119. The van der Waals surface area contributed by atoms with Gasteiger partial charge in [0.25, 0.3) is 0 Å². The fraction of sp³-hybridized carbons (Fsp3) is 1.00. The van der Waals surface area contributed by atoms with E-state index < -0.39 is 10.0 Å². The monoisotopic (exact) mass is 243 g/mol. The van der Waals surface area contributed by atoms with E-state index in [2.05, 4.69) is 0 Å². The average molecular weight is 244 g/mol. The summed E-state index contributed by atoms with van der Waals surface area (Å²) in [6.07, 6.45) is 0.493. The number of methoxy groups -OCH3 is 1. The molecule has 0 radical (unpaired) electrons. The molecule has 86 valence electrons. The van der Waals surface area contributed by atoms with Crippen molar-refractivity contribution in [3.63, 3.8) is 0 Å². The van der Waals surface area contributed by atoms with Crippen molar-refractivity contribution < 1.29 is 13.2 Å². The molecule has 0 saturated carbocycles. The van der Waals surface area contributed by atoms with Crippen molar-refractivity contribution in [3.8, 4) is 0 Å². The van der Waals surface area contributed by atoms with E-state index >= 15 is 0 Å². The Morgan fingerprint density at radius 2 is 2.07 bits per heavy atom. The van der Waals surface area contributed by atoms with E-state index in [0.717, 1.165) is 0 Å². The summed E-state index contributed by atoms with van der Waals surface area (Å²) in [6, 6.07) is 0. The molecule has 0 aromatic carbocycles. The first-order valence-electron chi connectivity index (χ1n) is 4.61. The Kier molecular flexibility index (Phi) is 7.54. The smallest absolute Gasteiger partial charge is 0.214 e. The van der Waals surface area contributed by atoms with Crippen molar-refractivity contribution in [1.82, 2.24) is 4.31 Å². The molecule has 0 aliphatic rings. The van der Waals surface area contributed by atoms with Gasteiger partial charge >= 0.3 is 0 Å². The molecular formula is C8H18ClNO3S. The third-order valence-electron chi connectivity index (χ3n) is 1.83. The van der Waals surface area contributed by atoms with Crippen LogP contribution in [0.4, 0.5) is 0 Å². The van der Waals surface area contributed by atoms with Crippen LogP contribution in [0, 0.1) is 0 Å². The minimum Gasteiger partial charge on any atom is -0.383 e. The SMILES string of the molecule is CCN(CCOC)S(=O)(=O)CCCCl. The van der Waals surface area contributed by atoms with E-state index in [1.54, 1.807) is 7.11 Å². The first-order valence-corrected chi connectivity index (χ1v) is 6.75. The van der Waals surface area contributed by atoms with Crippen molar-refractivity contribution in [2.75, 3.05) is 38.4 Å². The Labute approximate surface area is 91.2 Å². The summed E-state index contributed by atoms with van der Waals surface area (Å²) in [5.74, 6) is 0.495. The molecule has 0 aliphatic carbocycles. The standard InChI is InChI=1S/C8H18ClNO3S/c1-3-10(6-7-13-2)14(11,12)8-4-5-9/h3-8H2,1-2H3. The van der Waals surface area contributed by atoms with E-state index in [1.165, 1.54) is 4.31 Å². The second-order valence-corrected chi connectivity index (χ2v) is 5.31. The van der Waals surface area contributed by atoms with Gasteiger partial charge in [-0.3, -0.25) is 0 Å². The number of likely N-dealkylation sites (N-methyl/N-ethyl adjacent to an activating group) is 1. The van der Waals surface area contributed by atoms with Crippen LogP contribution in [0.2, 0.25) is 0 Å². The Morgan fingerprint density at radius 3 is 2.50 bits per heavy atom. The maximum atomic E-state index is 11.6. The number of rotatable bonds is 8. The quantitative estimate of drug-likeness (QED) is 0.596. The third-order valence-corrected chi connectivity index (χ3v) is 4.13. The Morgan fingerprint density at radius 1 is 1.43 bits per heavy atom. The lowest BCUT2D eigenvalue weighted by Crippen LogP contribution is -2.35. The fourth-order valence-electron chi connectivity index (χ4n) is 1.05. The molecule has 14 heavy (non-hydrogen) atoms. The minimum atomic E-state index is -3.14.